The number of likely N-dealkylation sites (N-methyl/N-ethyl adjacent to an activating group) is 6. The average molecular weight is 1280 g/mol. The summed E-state index contributed by atoms with van der Waals surface area (Å²) in [7, 11) is 8.16. The molecular weight excluding hydrogens is 1190 g/mol. The van der Waals surface area contributed by atoms with Gasteiger partial charge in [0.2, 0.25) is 59.1 Å². The number of rotatable bonds is 10. The van der Waals surface area contributed by atoms with Gasteiger partial charge in [-0.3, -0.25) is 52.7 Å². The molecule has 1 saturated carbocycles. The molecule has 2 heterocycles. The average Bonchev–Trinajstić information content (AvgIpc) is 1.75. The number of nitrogens with one attached hydrogen (secondary N) is 4. The number of aryl methyl sites for hydroxylation is 2. The molecule has 4 N–H and O–H groups in total. The molecule has 11 amide bonds. The maximum absolute atomic E-state index is 15.0. The smallest absolute Gasteiger partial charge is 0.351 e. The highest BCUT2D eigenvalue weighted by molar-refractivity contribution is 6.04. The van der Waals surface area contributed by atoms with Gasteiger partial charge in [-0.1, -0.05) is 91.1 Å². The first-order chi connectivity index (χ1) is 42.5. The molecule has 2 fully saturated rings. The van der Waals surface area contributed by atoms with Crippen molar-refractivity contribution in [1.82, 2.24) is 55.6 Å². The van der Waals surface area contributed by atoms with Crippen molar-refractivity contribution < 1.29 is 70.3 Å². The van der Waals surface area contributed by atoms with Crippen LogP contribution in [0.5, 0.6) is 0 Å². The second kappa shape index (κ2) is 31.9. The lowest BCUT2D eigenvalue weighted by molar-refractivity contribution is -0.148. The highest BCUT2D eigenvalue weighted by Gasteiger charge is 2.48. The van der Waals surface area contributed by atoms with E-state index in [4.69, 9.17) is 0 Å². The normalized spacial score (nSPS) is 24.0. The number of alkyl halides is 3. The Balaban J connectivity index is 1.56. The molecule has 502 valence electrons. The Kier molecular flexibility index (Phi) is 25.9. The predicted molar refractivity (Wildman–Crippen MR) is 331 cm³/mol. The van der Waals surface area contributed by atoms with Gasteiger partial charge in [0.1, 0.15) is 47.3 Å². The summed E-state index contributed by atoms with van der Waals surface area (Å²) in [6.07, 6.45) is -1.74. The summed E-state index contributed by atoms with van der Waals surface area (Å²) in [6.45, 7) is 11.7. The van der Waals surface area contributed by atoms with Crippen LogP contribution in [-0.4, -0.2) is 210 Å². The Morgan fingerprint density at radius 3 is 1.85 bits per heavy atom. The van der Waals surface area contributed by atoms with Crippen molar-refractivity contribution in [1.29, 1.82) is 0 Å². The van der Waals surface area contributed by atoms with Gasteiger partial charge < -0.3 is 55.6 Å². The predicted octanol–water partition coefficient (Wildman–Crippen LogP) is 4.36. The van der Waals surface area contributed by atoms with Crippen molar-refractivity contribution in [2.24, 2.45) is 17.8 Å². The summed E-state index contributed by atoms with van der Waals surface area (Å²) in [5, 5.41) is 11.3. The Morgan fingerprint density at radius 1 is 0.670 bits per heavy atom. The zero-order valence-corrected chi connectivity index (χ0v) is 55.1. The van der Waals surface area contributed by atoms with E-state index in [-0.39, 0.29) is 75.1 Å². The van der Waals surface area contributed by atoms with Crippen molar-refractivity contribution in [3.63, 3.8) is 0 Å². The topological polar surface area (TPSA) is 259 Å². The lowest BCUT2D eigenvalue weighted by Gasteiger charge is -2.39. The lowest BCUT2D eigenvalue weighted by Crippen LogP contribution is -2.63. The van der Waals surface area contributed by atoms with Crippen LogP contribution in [0.15, 0.2) is 54.2 Å². The summed E-state index contributed by atoms with van der Waals surface area (Å²) in [5.74, 6) is -9.37. The molecular formula is C65H93F4N11O11. The van der Waals surface area contributed by atoms with Gasteiger partial charge in [0.15, 0.2) is 0 Å². The van der Waals surface area contributed by atoms with Crippen LogP contribution >= 0.6 is 0 Å². The van der Waals surface area contributed by atoms with E-state index >= 15 is 0 Å². The maximum Gasteiger partial charge on any atom is 0.416 e. The van der Waals surface area contributed by atoms with Crippen LogP contribution < -0.4 is 21.3 Å². The Labute approximate surface area is 531 Å². The molecule has 5 rings (SSSR count). The quantitative estimate of drug-likeness (QED) is 0.243. The van der Waals surface area contributed by atoms with Gasteiger partial charge >= 0.3 is 6.18 Å². The molecule has 1 aliphatic carbocycles. The van der Waals surface area contributed by atoms with Crippen LogP contribution in [0.4, 0.5) is 17.6 Å². The highest BCUT2D eigenvalue weighted by atomic mass is 19.4. The number of carbonyl (C=O) groups is 11. The summed E-state index contributed by atoms with van der Waals surface area (Å²) >= 11 is 0. The van der Waals surface area contributed by atoms with Crippen molar-refractivity contribution in [2.75, 3.05) is 68.5 Å². The Morgan fingerprint density at radius 2 is 1.26 bits per heavy atom. The van der Waals surface area contributed by atoms with E-state index in [0.717, 1.165) is 42.7 Å². The van der Waals surface area contributed by atoms with Gasteiger partial charge in [-0.25, -0.2) is 4.39 Å². The van der Waals surface area contributed by atoms with E-state index < -0.39 is 156 Å². The molecule has 22 nitrogen and oxygen atoms in total. The first-order valence-corrected chi connectivity index (χ1v) is 31.2. The first kappa shape index (κ1) is 73.8. The minimum atomic E-state index is -4.64. The van der Waals surface area contributed by atoms with E-state index in [9.17, 15) is 70.3 Å². The number of hydrogen-bond donors (Lipinski definition) is 4. The van der Waals surface area contributed by atoms with Crippen molar-refractivity contribution in [2.45, 2.75) is 174 Å². The fourth-order valence-corrected chi connectivity index (χ4v) is 12.0. The third-order valence-corrected chi connectivity index (χ3v) is 17.6. The molecule has 0 radical (unpaired) electrons. The van der Waals surface area contributed by atoms with E-state index in [0.29, 0.717) is 30.4 Å². The van der Waals surface area contributed by atoms with Crippen LogP contribution in [0.2, 0.25) is 0 Å². The van der Waals surface area contributed by atoms with Crippen LogP contribution in [0.3, 0.4) is 0 Å². The highest BCUT2D eigenvalue weighted by Crippen LogP contribution is 2.35. The Bertz CT molecular complexity index is 3040. The number of halogens is 4. The van der Waals surface area contributed by atoms with Gasteiger partial charge in [0, 0.05) is 67.7 Å². The number of carbonyl (C=O) groups excluding carboxylic acids is 11. The summed E-state index contributed by atoms with van der Waals surface area (Å²) < 4.78 is 55.7. The number of nitrogens with zero attached hydrogens (tertiary/aromatic N) is 7. The standard InChI is InChI=1S/C65H93F4N11O11/c1-15-40(6)55-62(90)76(11)36-53(83)74(9)37-54(84)78(13)50(34-44-20-24-45(66)25-21-44)61(89)75(10)35-51(81)71-47(27-23-43-22-26-46(41(7)32-43)65(67,68)69)60(88)80-30-18-19-48(80)58(86)73-64(28-16-17-29-64)63(91)79(14)56(39(4)5)59(87)70-42(8)33-52(82)77(12)49(31-38(2)3)57(85)72-55/h19-22,24-26,32,38-40,42,47,49-50,55-56H,15-18,23,27-31,33-37H2,1-14H3,(H,70,87)(H,71,81)(H,72,85)(H,73,86)/t40-,42+,47-,49-,50-,55?,56-/m0/s1. The molecule has 0 bridgehead atoms. The van der Waals surface area contributed by atoms with Crippen LogP contribution in [-0.2, 0) is 71.8 Å². The van der Waals surface area contributed by atoms with Gasteiger partial charge in [0.05, 0.1) is 25.2 Å². The fourth-order valence-electron chi connectivity index (χ4n) is 12.0. The molecule has 3 aliphatic rings. The van der Waals surface area contributed by atoms with Crippen LogP contribution in [0, 0.1) is 30.5 Å². The zero-order chi connectivity index (χ0) is 68.1. The summed E-state index contributed by atoms with van der Waals surface area (Å²) in [6, 6.07) is 1.55. The molecule has 26 heteroatoms. The number of fused-ring (bicyclic) bond motifs is 1. The third kappa shape index (κ3) is 19.1. The first-order valence-electron chi connectivity index (χ1n) is 31.2. The van der Waals surface area contributed by atoms with E-state index in [1.165, 1.54) is 89.4 Å². The SMILES string of the molecule is CC[C@H](C)C1NC(=O)[C@H](CC(C)C)N(C)C(=O)C[C@@H](C)NC(=O)[C@H](C(C)C)N(C)C(=O)C2(CCCC2)NC(=O)C2=CCCN2C(=O)[C@H](CCc2ccc(C(F)(F)F)c(C)c2)NC(=O)CN(C)C(=O)[C@H](Cc2ccc(F)cc2)N(C)C(=O)CN(C)C(=O)CN(C)C1=O. The second-order valence-corrected chi connectivity index (χ2v) is 25.6. The Hall–Kier alpha value is -7.93. The minimum absolute atomic E-state index is 0.0457. The van der Waals surface area contributed by atoms with Crippen molar-refractivity contribution in [3.05, 3.63) is 82.3 Å². The number of amides is 11. The fraction of sp³-hybridized carbons (Fsp3) is 0.615. The molecule has 7 atom stereocenters. The number of hydrogen-bond acceptors (Lipinski definition) is 11. The molecule has 2 aliphatic heterocycles. The monoisotopic (exact) mass is 1280 g/mol. The molecule has 2 aromatic rings. The molecule has 2 aromatic carbocycles. The van der Waals surface area contributed by atoms with Gasteiger partial charge in [-0.05, 0) is 105 Å². The van der Waals surface area contributed by atoms with Gasteiger partial charge in [-0.2, -0.15) is 13.2 Å². The maximum atomic E-state index is 15.0. The molecule has 91 heavy (non-hydrogen) atoms. The summed E-state index contributed by atoms with van der Waals surface area (Å²) in [4.78, 5) is 167. The van der Waals surface area contributed by atoms with Crippen LogP contribution in [0.25, 0.3) is 0 Å². The summed E-state index contributed by atoms with van der Waals surface area (Å²) in [5.41, 5.74) is -1.84. The van der Waals surface area contributed by atoms with E-state index in [2.05, 4.69) is 21.3 Å². The second-order valence-electron chi connectivity index (χ2n) is 25.6. The molecule has 1 spiro atoms. The van der Waals surface area contributed by atoms with Crippen LogP contribution in [0.1, 0.15) is 129 Å². The largest absolute Gasteiger partial charge is 0.416 e. The third-order valence-electron chi connectivity index (χ3n) is 17.6. The van der Waals surface area contributed by atoms with Crippen molar-refractivity contribution in [3.8, 4) is 0 Å². The molecule has 1 saturated heterocycles. The lowest BCUT2D eigenvalue weighted by atomic mass is 9.92. The molecule has 1 unspecified atom stereocenters. The van der Waals surface area contributed by atoms with Gasteiger partial charge in [0.25, 0.3) is 5.91 Å². The minimum Gasteiger partial charge on any atom is -0.351 e. The number of benzene rings is 2. The van der Waals surface area contributed by atoms with Gasteiger partial charge in [-0.15, -0.1) is 0 Å². The molecule has 0 aromatic heterocycles. The van der Waals surface area contributed by atoms with Crippen molar-refractivity contribution >= 4 is 65.0 Å². The van der Waals surface area contributed by atoms with E-state index in [1.807, 2.05) is 20.8 Å². The zero-order valence-electron chi connectivity index (χ0n) is 55.1. The van der Waals surface area contributed by atoms with E-state index in [1.54, 1.807) is 27.7 Å².